The lowest BCUT2D eigenvalue weighted by Crippen LogP contribution is -2.03. The van der Waals surface area contributed by atoms with Crippen molar-refractivity contribution in [2.75, 3.05) is 7.11 Å². The first-order chi connectivity index (χ1) is 10.9. The number of carbonyl (C=O) groups is 1. The van der Waals surface area contributed by atoms with Crippen molar-refractivity contribution in [1.29, 1.82) is 0 Å². The first kappa shape index (κ1) is 15.1. The second-order valence-electron chi connectivity index (χ2n) is 4.93. The summed E-state index contributed by atoms with van der Waals surface area (Å²) in [6, 6.07) is 11.3. The lowest BCUT2D eigenvalue weighted by molar-refractivity contribution is -0.137. The molecule has 3 rings (SSSR count). The van der Waals surface area contributed by atoms with Gasteiger partial charge in [-0.25, -0.2) is 4.79 Å². The molecule has 1 aromatic heterocycles. The smallest absolute Gasteiger partial charge is 0.416 e. The van der Waals surface area contributed by atoms with Crippen LogP contribution < -0.4 is 0 Å². The second kappa shape index (κ2) is 5.46. The first-order valence-electron chi connectivity index (χ1n) is 6.68. The number of esters is 1. The highest BCUT2D eigenvalue weighted by Crippen LogP contribution is 2.34. The van der Waals surface area contributed by atoms with E-state index in [-0.39, 0.29) is 0 Å². The summed E-state index contributed by atoms with van der Waals surface area (Å²) in [4.78, 5) is 11.5. The second-order valence-corrected chi connectivity index (χ2v) is 4.93. The van der Waals surface area contributed by atoms with E-state index in [4.69, 9.17) is 4.42 Å². The van der Waals surface area contributed by atoms with Gasteiger partial charge in [0.25, 0.3) is 0 Å². The standard InChI is InChI=1S/C17H11F3O3/c1-22-16(21)11-4-2-3-10(7-11)15-9-12-8-13(17(18,19)20)5-6-14(12)23-15/h2-9H,1H3. The molecule has 0 bridgehead atoms. The summed E-state index contributed by atoms with van der Waals surface area (Å²) in [5.74, 6) is -0.118. The van der Waals surface area contributed by atoms with Crippen LogP contribution in [-0.4, -0.2) is 13.1 Å². The average Bonchev–Trinajstić information content (AvgIpc) is 2.96. The Morgan fingerprint density at radius 2 is 1.87 bits per heavy atom. The molecular formula is C17H11F3O3. The molecule has 118 valence electrons. The Bertz CT molecular complexity index is 878. The van der Waals surface area contributed by atoms with Crippen LogP contribution in [0.25, 0.3) is 22.3 Å². The highest BCUT2D eigenvalue weighted by Gasteiger charge is 2.30. The Balaban J connectivity index is 2.05. The third-order valence-electron chi connectivity index (χ3n) is 3.41. The maximum absolute atomic E-state index is 12.7. The molecule has 0 aliphatic rings. The molecule has 0 aliphatic heterocycles. The minimum absolute atomic E-state index is 0.335. The van der Waals surface area contributed by atoms with Gasteiger partial charge in [0.1, 0.15) is 11.3 Å². The number of hydrogen-bond donors (Lipinski definition) is 0. The Hall–Kier alpha value is -2.76. The normalized spacial score (nSPS) is 11.7. The number of ether oxygens (including phenoxy) is 1. The van der Waals surface area contributed by atoms with E-state index in [0.717, 1.165) is 12.1 Å². The highest BCUT2D eigenvalue weighted by molar-refractivity contribution is 5.91. The van der Waals surface area contributed by atoms with E-state index >= 15 is 0 Å². The predicted octanol–water partition coefficient (Wildman–Crippen LogP) is 4.91. The number of alkyl halides is 3. The molecule has 1 heterocycles. The topological polar surface area (TPSA) is 39.4 Å². The van der Waals surface area contributed by atoms with Crippen molar-refractivity contribution in [1.82, 2.24) is 0 Å². The van der Waals surface area contributed by atoms with Gasteiger partial charge in [-0.2, -0.15) is 13.2 Å². The number of benzene rings is 2. The van der Waals surface area contributed by atoms with Gasteiger partial charge in [-0.1, -0.05) is 12.1 Å². The minimum atomic E-state index is -4.41. The summed E-state index contributed by atoms with van der Waals surface area (Å²) >= 11 is 0. The molecule has 0 fully saturated rings. The molecule has 0 aliphatic carbocycles. The molecule has 23 heavy (non-hydrogen) atoms. The van der Waals surface area contributed by atoms with Crippen LogP contribution in [0.4, 0.5) is 13.2 Å². The highest BCUT2D eigenvalue weighted by atomic mass is 19.4. The van der Waals surface area contributed by atoms with Crippen molar-refractivity contribution in [2.24, 2.45) is 0 Å². The fraction of sp³-hybridized carbons (Fsp3) is 0.118. The number of rotatable bonds is 2. The largest absolute Gasteiger partial charge is 0.465 e. The third-order valence-corrected chi connectivity index (χ3v) is 3.41. The van der Waals surface area contributed by atoms with Crippen LogP contribution in [-0.2, 0) is 10.9 Å². The fourth-order valence-electron chi connectivity index (χ4n) is 2.28. The van der Waals surface area contributed by atoms with Gasteiger partial charge in [-0.15, -0.1) is 0 Å². The van der Waals surface area contributed by atoms with Gasteiger partial charge in [0.2, 0.25) is 0 Å². The van der Waals surface area contributed by atoms with E-state index in [9.17, 15) is 18.0 Å². The molecule has 0 saturated heterocycles. The van der Waals surface area contributed by atoms with Crippen LogP contribution in [0.3, 0.4) is 0 Å². The molecule has 6 heteroatoms. The van der Waals surface area contributed by atoms with Crippen LogP contribution in [0, 0.1) is 0 Å². The lowest BCUT2D eigenvalue weighted by Gasteiger charge is -2.04. The molecule has 0 unspecified atom stereocenters. The molecule has 0 saturated carbocycles. The zero-order valence-electron chi connectivity index (χ0n) is 12.0. The lowest BCUT2D eigenvalue weighted by atomic mass is 10.1. The SMILES string of the molecule is COC(=O)c1cccc(-c2cc3cc(C(F)(F)F)ccc3o2)c1. The molecule has 3 nitrogen and oxygen atoms in total. The van der Waals surface area contributed by atoms with Crippen LogP contribution in [0.2, 0.25) is 0 Å². The van der Waals surface area contributed by atoms with E-state index in [1.807, 2.05) is 0 Å². The Morgan fingerprint density at radius 3 is 2.57 bits per heavy atom. The Kier molecular flexibility index (Phi) is 3.60. The van der Waals surface area contributed by atoms with Crippen molar-refractivity contribution < 1.29 is 27.1 Å². The quantitative estimate of drug-likeness (QED) is 0.630. The zero-order chi connectivity index (χ0) is 16.6. The van der Waals surface area contributed by atoms with Gasteiger partial charge < -0.3 is 9.15 Å². The summed E-state index contributed by atoms with van der Waals surface area (Å²) in [6.07, 6.45) is -4.41. The van der Waals surface area contributed by atoms with Crippen LogP contribution in [0.5, 0.6) is 0 Å². The molecule has 0 N–H and O–H groups in total. The van der Waals surface area contributed by atoms with Crippen LogP contribution in [0.15, 0.2) is 52.9 Å². The molecule has 0 spiro atoms. The first-order valence-corrected chi connectivity index (χ1v) is 6.68. The minimum Gasteiger partial charge on any atom is -0.465 e. The maximum atomic E-state index is 12.7. The number of furan rings is 1. The predicted molar refractivity (Wildman–Crippen MR) is 78.0 cm³/mol. The van der Waals surface area contributed by atoms with Gasteiger partial charge in [0, 0.05) is 10.9 Å². The van der Waals surface area contributed by atoms with Gasteiger partial charge >= 0.3 is 12.1 Å². The van der Waals surface area contributed by atoms with Crippen LogP contribution in [0.1, 0.15) is 15.9 Å². The summed E-state index contributed by atoms with van der Waals surface area (Å²) in [5.41, 5.74) is 0.524. The van der Waals surface area contributed by atoms with E-state index in [1.165, 1.54) is 19.2 Å². The van der Waals surface area contributed by atoms with Crippen molar-refractivity contribution in [2.45, 2.75) is 6.18 Å². The number of fused-ring (bicyclic) bond motifs is 1. The fourth-order valence-corrected chi connectivity index (χ4v) is 2.28. The number of carbonyl (C=O) groups excluding carboxylic acids is 1. The number of methoxy groups -OCH3 is 1. The summed E-state index contributed by atoms with van der Waals surface area (Å²) < 4.78 is 48.4. The number of hydrogen-bond acceptors (Lipinski definition) is 3. The van der Waals surface area contributed by atoms with Gasteiger partial charge in [-0.05, 0) is 36.4 Å². The van der Waals surface area contributed by atoms with Crippen molar-refractivity contribution in [3.63, 3.8) is 0 Å². The van der Waals surface area contributed by atoms with Crippen molar-refractivity contribution in [3.8, 4) is 11.3 Å². The van der Waals surface area contributed by atoms with E-state index < -0.39 is 17.7 Å². The van der Waals surface area contributed by atoms with E-state index in [1.54, 1.807) is 24.3 Å². The molecule has 2 aromatic carbocycles. The van der Waals surface area contributed by atoms with Crippen molar-refractivity contribution in [3.05, 3.63) is 59.7 Å². The average molecular weight is 320 g/mol. The van der Waals surface area contributed by atoms with Crippen molar-refractivity contribution >= 4 is 16.9 Å². The summed E-state index contributed by atoms with van der Waals surface area (Å²) in [5, 5.41) is 0.346. The zero-order valence-corrected chi connectivity index (χ0v) is 12.0. The maximum Gasteiger partial charge on any atom is 0.416 e. The molecule has 3 aromatic rings. The number of halogens is 3. The van der Waals surface area contributed by atoms with Gasteiger partial charge in [0.15, 0.2) is 0 Å². The monoisotopic (exact) mass is 320 g/mol. The molecule has 0 amide bonds. The molecule has 0 radical (unpaired) electrons. The van der Waals surface area contributed by atoms with E-state index in [2.05, 4.69) is 4.74 Å². The summed E-state index contributed by atoms with van der Waals surface area (Å²) in [7, 11) is 1.27. The third kappa shape index (κ3) is 2.92. The van der Waals surface area contributed by atoms with Gasteiger partial charge in [0.05, 0.1) is 18.2 Å². The van der Waals surface area contributed by atoms with Gasteiger partial charge in [-0.3, -0.25) is 0 Å². The summed E-state index contributed by atoms with van der Waals surface area (Å²) in [6.45, 7) is 0. The molecule has 0 atom stereocenters. The Morgan fingerprint density at radius 1 is 1.09 bits per heavy atom. The van der Waals surface area contributed by atoms with E-state index in [0.29, 0.717) is 27.9 Å². The van der Waals surface area contributed by atoms with Crippen LogP contribution >= 0.6 is 0 Å². The Labute approximate surface area is 129 Å². The molecular weight excluding hydrogens is 309 g/mol.